The van der Waals surface area contributed by atoms with Crippen LogP contribution in [0.2, 0.25) is 0 Å². The van der Waals surface area contributed by atoms with Gasteiger partial charge in [-0.05, 0) is 37.6 Å². The number of amides is 1. The van der Waals surface area contributed by atoms with E-state index >= 15 is 0 Å². The molecule has 0 bridgehead atoms. The second-order valence-electron chi connectivity index (χ2n) is 4.31. The number of carbonyl (C=O) groups is 1. The fraction of sp³-hybridized carbons (Fsp3) is 0.267. The fourth-order valence-electron chi connectivity index (χ4n) is 1.43. The zero-order valence-corrected chi connectivity index (χ0v) is 11.4. The monoisotopic (exact) mass is 269 g/mol. The Balaban J connectivity index is 2.83. The molecule has 5 nitrogen and oxygen atoms in total. The Morgan fingerprint density at radius 2 is 2.00 bits per heavy atom. The Hall–Kier alpha value is -2.79. The smallest absolute Gasteiger partial charge is 0.262 e. The standard InChI is InChI=1S/C15H15N3O2/c1-11(2)18-15(19)13(10-17)9-12-3-5-14(6-4-12)20-8-7-16/h3-6,9,11H,8H2,1-2H3,(H,18,19)/b13-9-. The van der Waals surface area contributed by atoms with Gasteiger partial charge in [-0.2, -0.15) is 10.5 Å². The van der Waals surface area contributed by atoms with Crippen LogP contribution in [0.25, 0.3) is 6.08 Å². The predicted octanol–water partition coefficient (Wildman–Crippen LogP) is 2.02. The average Bonchev–Trinajstić information content (AvgIpc) is 2.42. The number of nitrogens with one attached hydrogen (secondary N) is 1. The number of rotatable bonds is 5. The molecule has 0 radical (unpaired) electrons. The molecule has 0 spiro atoms. The van der Waals surface area contributed by atoms with E-state index in [4.69, 9.17) is 15.3 Å². The predicted molar refractivity (Wildman–Crippen MR) is 74.4 cm³/mol. The highest BCUT2D eigenvalue weighted by Gasteiger charge is 2.09. The molecule has 5 heteroatoms. The second-order valence-corrected chi connectivity index (χ2v) is 4.31. The zero-order valence-electron chi connectivity index (χ0n) is 11.4. The first-order valence-electron chi connectivity index (χ1n) is 6.09. The molecule has 0 saturated heterocycles. The van der Waals surface area contributed by atoms with Crippen molar-refractivity contribution < 1.29 is 9.53 Å². The summed E-state index contributed by atoms with van der Waals surface area (Å²) in [5, 5.41) is 20.1. The Bertz CT molecular complexity index is 575. The zero-order chi connectivity index (χ0) is 15.0. The minimum absolute atomic E-state index is 0.0184. The average molecular weight is 269 g/mol. The van der Waals surface area contributed by atoms with Gasteiger partial charge in [-0.25, -0.2) is 0 Å². The molecule has 1 aromatic rings. The molecule has 1 N–H and O–H groups in total. The molecule has 0 aromatic heterocycles. The summed E-state index contributed by atoms with van der Waals surface area (Å²) in [4.78, 5) is 11.7. The minimum atomic E-state index is -0.396. The number of benzene rings is 1. The van der Waals surface area contributed by atoms with E-state index in [0.717, 1.165) is 0 Å². The quantitative estimate of drug-likeness (QED) is 0.654. The van der Waals surface area contributed by atoms with E-state index in [1.165, 1.54) is 6.08 Å². The third-order valence-electron chi connectivity index (χ3n) is 2.28. The van der Waals surface area contributed by atoms with Crippen LogP contribution in [0.1, 0.15) is 19.4 Å². The summed E-state index contributed by atoms with van der Waals surface area (Å²) in [6, 6.07) is 10.5. The van der Waals surface area contributed by atoms with E-state index in [0.29, 0.717) is 11.3 Å². The summed E-state index contributed by atoms with van der Waals surface area (Å²) in [6.45, 7) is 3.64. The maximum absolute atomic E-state index is 11.7. The van der Waals surface area contributed by atoms with Crippen molar-refractivity contribution in [3.8, 4) is 17.9 Å². The lowest BCUT2D eigenvalue weighted by atomic mass is 10.1. The summed E-state index contributed by atoms with van der Waals surface area (Å²) in [7, 11) is 0. The molecule has 0 unspecified atom stereocenters. The van der Waals surface area contributed by atoms with E-state index in [2.05, 4.69) is 5.32 Å². The van der Waals surface area contributed by atoms with Crippen molar-refractivity contribution >= 4 is 12.0 Å². The highest BCUT2D eigenvalue weighted by atomic mass is 16.5. The molecular weight excluding hydrogens is 254 g/mol. The second kappa shape index (κ2) is 7.60. The number of hydrogen-bond acceptors (Lipinski definition) is 4. The summed E-state index contributed by atoms with van der Waals surface area (Å²) in [6.07, 6.45) is 1.51. The van der Waals surface area contributed by atoms with Gasteiger partial charge in [0.1, 0.15) is 23.5 Å². The molecule has 1 rings (SSSR count). The lowest BCUT2D eigenvalue weighted by molar-refractivity contribution is -0.117. The molecule has 0 heterocycles. The van der Waals surface area contributed by atoms with Gasteiger partial charge in [-0.3, -0.25) is 4.79 Å². The molecule has 1 amide bonds. The van der Waals surface area contributed by atoms with Gasteiger partial charge in [-0.1, -0.05) is 12.1 Å². The molecule has 0 saturated carbocycles. The van der Waals surface area contributed by atoms with Crippen LogP contribution in [0.5, 0.6) is 5.75 Å². The highest BCUT2D eigenvalue weighted by molar-refractivity contribution is 6.01. The molecule has 0 aliphatic carbocycles. The first-order valence-corrected chi connectivity index (χ1v) is 6.09. The van der Waals surface area contributed by atoms with Gasteiger partial charge in [0.25, 0.3) is 5.91 Å². The van der Waals surface area contributed by atoms with Crippen LogP contribution in [0.4, 0.5) is 0 Å². The van der Waals surface area contributed by atoms with Crippen LogP contribution in [-0.4, -0.2) is 18.6 Å². The number of nitrogens with zero attached hydrogens (tertiary/aromatic N) is 2. The Morgan fingerprint density at radius 3 is 2.50 bits per heavy atom. The molecule has 20 heavy (non-hydrogen) atoms. The van der Waals surface area contributed by atoms with Crippen molar-refractivity contribution in [1.29, 1.82) is 10.5 Å². The topological polar surface area (TPSA) is 85.9 Å². The summed E-state index contributed by atoms with van der Waals surface area (Å²) < 4.78 is 5.12. The largest absolute Gasteiger partial charge is 0.479 e. The lowest BCUT2D eigenvalue weighted by Gasteiger charge is -2.07. The van der Waals surface area contributed by atoms with Crippen LogP contribution in [-0.2, 0) is 4.79 Å². The SMILES string of the molecule is CC(C)NC(=O)/C(C#N)=C\c1ccc(OCC#N)cc1. The lowest BCUT2D eigenvalue weighted by Crippen LogP contribution is -2.30. The van der Waals surface area contributed by atoms with Crippen LogP contribution < -0.4 is 10.1 Å². The third kappa shape index (κ3) is 4.83. The molecule has 0 aliphatic rings. The van der Waals surface area contributed by atoms with Gasteiger partial charge in [0.05, 0.1) is 0 Å². The summed E-state index contributed by atoms with van der Waals surface area (Å²) in [5.74, 6) is 0.168. The maximum Gasteiger partial charge on any atom is 0.262 e. The Kier molecular flexibility index (Phi) is 5.80. The van der Waals surface area contributed by atoms with Crippen molar-refractivity contribution in [1.82, 2.24) is 5.32 Å². The van der Waals surface area contributed by atoms with Crippen LogP contribution in [0.3, 0.4) is 0 Å². The first-order chi connectivity index (χ1) is 9.56. The molecule has 0 aliphatic heterocycles. The molecule has 0 fully saturated rings. The van der Waals surface area contributed by atoms with Gasteiger partial charge in [0.2, 0.25) is 0 Å². The van der Waals surface area contributed by atoms with Crippen molar-refractivity contribution in [3.63, 3.8) is 0 Å². The number of carbonyl (C=O) groups excluding carboxylic acids is 1. The van der Waals surface area contributed by atoms with E-state index < -0.39 is 5.91 Å². The van der Waals surface area contributed by atoms with Crippen molar-refractivity contribution in [2.45, 2.75) is 19.9 Å². The summed E-state index contributed by atoms with van der Waals surface area (Å²) in [5.41, 5.74) is 0.758. The maximum atomic E-state index is 11.7. The first kappa shape index (κ1) is 15.3. The molecular formula is C15H15N3O2. The van der Waals surface area contributed by atoms with Crippen LogP contribution in [0.15, 0.2) is 29.8 Å². The van der Waals surface area contributed by atoms with E-state index in [9.17, 15) is 4.79 Å². The molecule has 1 aromatic carbocycles. The normalized spacial score (nSPS) is 10.6. The number of hydrogen-bond donors (Lipinski definition) is 1. The fourth-order valence-corrected chi connectivity index (χ4v) is 1.43. The summed E-state index contributed by atoms with van der Waals surface area (Å²) >= 11 is 0. The molecule has 102 valence electrons. The number of ether oxygens (including phenoxy) is 1. The van der Waals surface area contributed by atoms with Gasteiger partial charge in [0, 0.05) is 6.04 Å². The van der Waals surface area contributed by atoms with Gasteiger partial charge in [-0.15, -0.1) is 0 Å². The van der Waals surface area contributed by atoms with Crippen molar-refractivity contribution in [2.24, 2.45) is 0 Å². The van der Waals surface area contributed by atoms with E-state index in [-0.39, 0.29) is 18.2 Å². The highest BCUT2D eigenvalue weighted by Crippen LogP contribution is 2.14. The van der Waals surface area contributed by atoms with Crippen LogP contribution in [0, 0.1) is 22.7 Å². The molecule has 0 atom stereocenters. The Labute approximate surface area is 118 Å². The van der Waals surface area contributed by atoms with Gasteiger partial charge < -0.3 is 10.1 Å². The van der Waals surface area contributed by atoms with Crippen molar-refractivity contribution in [3.05, 3.63) is 35.4 Å². The van der Waals surface area contributed by atoms with Gasteiger partial charge >= 0.3 is 0 Å². The third-order valence-corrected chi connectivity index (χ3v) is 2.28. The van der Waals surface area contributed by atoms with E-state index in [1.807, 2.05) is 26.0 Å². The Morgan fingerprint density at radius 1 is 1.35 bits per heavy atom. The van der Waals surface area contributed by atoms with E-state index in [1.54, 1.807) is 24.3 Å². The van der Waals surface area contributed by atoms with Gasteiger partial charge in [0.15, 0.2) is 6.61 Å². The van der Waals surface area contributed by atoms with Crippen molar-refractivity contribution in [2.75, 3.05) is 6.61 Å². The minimum Gasteiger partial charge on any atom is -0.479 e. The van der Waals surface area contributed by atoms with Crippen LogP contribution >= 0.6 is 0 Å². The number of nitriles is 2.